The lowest BCUT2D eigenvalue weighted by Crippen LogP contribution is -2.03. The number of nitrogens with two attached hydrogens (primary N) is 1. The smallest absolute Gasteiger partial charge is 0.229 e. The number of nitrogen functional groups attached to an aromatic ring is 1. The Morgan fingerprint density at radius 2 is 2.23 bits per heavy atom. The van der Waals surface area contributed by atoms with E-state index in [9.17, 15) is 0 Å². The SMILES string of the molecule is COCCCn1ncc2cc(Nc3nccc(N)n3)ccc21. The summed E-state index contributed by atoms with van der Waals surface area (Å²) >= 11 is 0. The molecule has 0 bridgehead atoms. The zero-order valence-corrected chi connectivity index (χ0v) is 12.4. The summed E-state index contributed by atoms with van der Waals surface area (Å²) in [4.78, 5) is 8.26. The normalized spacial score (nSPS) is 11.0. The van der Waals surface area contributed by atoms with Gasteiger partial charge in [0.15, 0.2) is 0 Å². The van der Waals surface area contributed by atoms with E-state index >= 15 is 0 Å². The van der Waals surface area contributed by atoms with Crippen LogP contribution in [0.2, 0.25) is 0 Å². The van der Waals surface area contributed by atoms with Gasteiger partial charge >= 0.3 is 0 Å². The Bertz CT molecular complexity index is 770. The molecule has 3 rings (SSSR count). The van der Waals surface area contributed by atoms with Crippen molar-refractivity contribution in [2.24, 2.45) is 0 Å². The summed E-state index contributed by atoms with van der Waals surface area (Å²) in [5, 5.41) is 8.61. The average molecular weight is 298 g/mol. The van der Waals surface area contributed by atoms with Gasteiger partial charge in [0.25, 0.3) is 0 Å². The van der Waals surface area contributed by atoms with Crippen molar-refractivity contribution in [3.8, 4) is 0 Å². The summed E-state index contributed by atoms with van der Waals surface area (Å²) in [5.74, 6) is 0.913. The van der Waals surface area contributed by atoms with Gasteiger partial charge in [-0.2, -0.15) is 10.1 Å². The van der Waals surface area contributed by atoms with Gasteiger partial charge in [0.05, 0.1) is 11.7 Å². The topological polar surface area (TPSA) is 90.9 Å². The van der Waals surface area contributed by atoms with Crippen molar-refractivity contribution in [3.63, 3.8) is 0 Å². The van der Waals surface area contributed by atoms with E-state index in [-0.39, 0.29) is 0 Å². The van der Waals surface area contributed by atoms with Crippen LogP contribution in [-0.2, 0) is 11.3 Å². The Balaban J connectivity index is 1.79. The first-order chi connectivity index (χ1) is 10.8. The van der Waals surface area contributed by atoms with Crippen LogP contribution in [0.4, 0.5) is 17.5 Å². The highest BCUT2D eigenvalue weighted by atomic mass is 16.5. The maximum atomic E-state index is 5.65. The summed E-state index contributed by atoms with van der Waals surface area (Å²) in [5.41, 5.74) is 7.64. The van der Waals surface area contributed by atoms with Crippen LogP contribution < -0.4 is 11.1 Å². The van der Waals surface area contributed by atoms with Gasteiger partial charge in [-0.25, -0.2) is 4.98 Å². The van der Waals surface area contributed by atoms with Gasteiger partial charge in [0.2, 0.25) is 5.95 Å². The lowest BCUT2D eigenvalue weighted by atomic mass is 10.2. The van der Waals surface area contributed by atoms with Crippen LogP contribution in [-0.4, -0.2) is 33.5 Å². The number of anilines is 3. The molecule has 0 aliphatic rings. The van der Waals surface area contributed by atoms with E-state index < -0.39 is 0 Å². The lowest BCUT2D eigenvalue weighted by Gasteiger charge is -2.06. The molecule has 0 aliphatic carbocycles. The number of fused-ring (bicyclic) bond motifs is 1. The van der Waals surface area contributed by atoms with E-state index in [0.717, 1.165) is 36.2 Å². The molecule has 7 nitrogen and oxygen atoms in total. The Hall–Kier alpha value is -2.67. The van der Waals surface area contributed by atoms with Crippen molar-refractivity contribution in [2.45, 2.75) is 13.0 Å². The molecule has 0 fully saturated rings. The summed E-state index contributed by atoms with van der Waals surface area (Å²) in [6, 6.07) is 7.67. The zero-order chi connectivity index (χ0) is 15.4. The quantitative estimate of drug-likeness (QED) is 0.678. The number of ether oxygens (including phenoxy) is 1. The molecule has 22 heavy (non-hydrogen) atoms. The fraction of sp³-hybridized carbons (Fsp3) is 0.267. The van der Waals surface area contributed by atoms with Crippen molar-refractivity contribution in [2.75, 3.05) is 24.8 Å². The summed E-state index contributed by atoms with van der Waals surface area (Å²) < 4.78 is 7.05. The number of aromatic nitrogens is 4. The van der Waals surface area contributed by atoms with Gasteiger partial charge in [0, 0.05) is 37.5 Å². The molecule has 7 heteroatoms. The molecule has 3 aromatic rings. The summed E-state index contributed by atoms with van der Waals surface area (Å²) in [7, 11) is 1.71. The number of rotatable bonds is 6. The van der Waals surface area contributed by atoms with E-state index in [4.69, 9.17) is 10.5 Å². The minimum absolute atomic E-state index is 0.435. The Morgan fingerprint density at radius 3 is 3.05 bits per heavy atom. The van der Waals surface area contributed by atoms with Crippen molar-refractivity contribution in [3.05, 3.63) is 36.7 Å². The number of aryl methyl sites for hydroxylation is 1. The van der Waals surface area contributed by atoms with E-state index in [1.54, 1.807) is 19.4 Å². The number of hydrogen-bond acceptors (Lipinski definition) is 6. The molecule has 114 valence electrons. The first-order valence-electron chi connectivity index (χ1n) is 7.06. The molecule has 0 radical (unpaired) electrons. The largest absolute Gasteiger partial charge is 0.385 e. The molecule has 0 atom stereocenters. The highest BCUT2D eigenvalue weighted by Gasteiger charge is 2.05. The van der Waals surface area contributed by atoms with Gasteiger partial charge in [-0.3, -0.25) is 4.68 Å². The molecular weight excluding hydrogens is 280 g/mol. The summed E-state index contributed by atoms with van der Waals surface area (Å²) in [6.45, 7) is 1.57. The molecule has 0 saturated carbocycles. The molecule has 0 saturated heterocycles. The lowest BCUT2D eigenvalue weighted by molar-refractivity contribution is 0.189. The van der Waals surface area contributed by atoms with Crippen molar-refractivity contribution in [1.82, 2.24) is 19.7 Å². The predicted molar refractivity (Wildman–Crippen MR) is 86.0 cm³/mol. The third kappa shape index (κ3) is 3.15. The zero-order valence-electron chi connectivity index (χ0n) is 12.4. The van der Waals surface area contributed by atoms with Gasteiger partial charge in [-0.05, 0) is 30.7 Å². The highest BCUT2D eigenvalue weighted by Crippen LogP contribution is 2.21. The van der Waals surface area contributed by atoms with Crippen LogP contribution in [0.3, 0.4) is 0 Å². The molecular formula is C15H18N6O. The highest BCUT2D eigenvalue weighted by molar-refractivity contribution is 5.83. The molecule has 1 aromatic carbocycles. The second-order valence-corrected chi connectivity index (χ2v) is 4.92. The van der Waals surface area contributed by atoms with Crippen molar-refractivity contribution in [1.29, 1.82) is 0 Å². The number of methoxy groups -OCH3 is 1. The third-order valence-corrected chi connectivity index (χ3v) is 3.29. The maximum absolute atomic E-state index is 5.65. The van der Waals surface area contributed by atoms with Crippen LogP contribution in [0.25, 0.3) is 10.9 Å². The first-order valence-corrected chi connectivity index (χ1v) is 7.06. The van der Waals surface area contributed by atoms with E-state index in [0.29, 0.717) is 11.8 Å². The molecule has 0 unspecified atom stereocenters. The van der Waals surface area contributed by atoms with Crippen molar-refractivity contribution >= 4 is 28.4 Å². The fourth-order valence-electron chi connectivity index (χ4n) is 2.26. The Labute approximate surface area is 128 Å². The average Bonchev–Trinajstić information content (AvgIpc) is 2.90. The standard InChI is InChI=1S/C15H18N6O/c1-22-8-2-7-21-13-4-3-12(9-11(13)10-18-21)19-15-17-6-5-14(16)20-15/h3-6,9-10H,2,7-8H2,1H3,(H3,16,17,19,20). The molecule has 0 spiro atoms. The number of nitrogens with one attached hydrogen (secondary N) is 1. The monoisotopic (exact) mass is 298 g/mol. The van der Waals surface area contributed by atoms with Gasteiger partial charge in [-0.15, -0.1) is 0 Å². The fourth-order valence-corrected chi connectivity index (χ4v) is 2.26. The molecule has 0 amide bonds. The van der Waals surface area contributed by atoms with Crippen LogP contribution in [0, 0.1) is 0 Å². The van der Waals surface area contributed by atoms with Crippen LogP contribution in [0.1, 0.15) is 6.42 Å². The molecule has 2 aromatic heterocycles. The minimum atomic E-state index is 0.435. The second kappa shape index (κ2) is 6.40. The number of hydrogen-bond donors (Lipinski definition) is 2. The van der Waals surface area contributed by atoms with E-state index in [2.05, 4.69) is 20.4 Å². The predicted octanol–water partition coefficient (Wildman–Crippen LogP) is 2.19. The van der Waals surface area contributed by atoms with Crippen LogP contribution >= 0.6 is 0 Å². The first kappa shape index (κ1) is 14.3. The van der Waals surface area contributed by atoms with Gasteiger partial charge in [-0.1, -0.05) is 0 Å². The number of benzene rings is 1. The van der Waals surface area contributed by atoms with Gasteiger partial charge < -0.3 is 15.8 Å². The second-order valence-electron chi connectivity index (χ2n) is 4.92. The molecule has 3 N–H and O–H groups in total. The molecule has 0 aliphatic heterocycles. The third-order valence-electron chi connectivity index (χ3n) is 3.29. The Kier molecular flexibility index (Phi) is 4.15. The molecule has 2 heterocycles. The summed E-state index contributed by atoms with van der Waals surface area (Å²) in [6.07, 6.45) is 4.41. The minimum Gasteiger partial charge on any atom is -0.385 e. The Morgan fingerprint density at radius 1 is 1.32 bits per heavy atom. The van der Waals surface area contributed by atoms with Crippen LogP contribution in [0.15, 0.2) is 36.7 Å². The number of nitrogens with zero attached hydrogens (tertiary/aromatic N) is 4. The van der Waals surface area contributed by atoms with E-state index in [1.165, 1.54) is 0 Å². The maximum Gasteiger partial charge on any atom is 0.229 e. The van der Waals surface area contributed by atoms with Crippen LogP contribution in [0.5, 0.6) is 0 Å². The van der Waals surface area contributed by atoms with Crippen molar-refractivity contribution < 1.29 is 4.74 Å². The van der Waals surface area contributed by atoms with E-state index in [1.807, 2.05) is 29.1 Å². The van der Waals surface area contributed by atoms with Gasteiger partial charge in [0.1, 0.15) is 5.82 Å².